The quantitative estimate of drug-likeness (QED) is 0.365. The van der Waals surface area contributed by atoms with Gasteiger partial charge in [-0.3, -0.25) is 19.7 Å². The number of nitrogens with zero attached hydrogens (tertiary/aromatic N) is 3. The first-order chi connectivity index (χ1) is 15.5. The lowest BCUT2D eigenvalue weighted by atomic mass is 10.1. The van der Waals surface area contributed by atoms with Gasteiger partial charge in [-0.2, -0.15) is 0 Å². The molecule has 2 aromatic carbocycles. The standard InChI is InChI=1S/C23H28N4O5/c1-32-21-5-2-4-18(16-21)17-23(29)26-14-12-25(13-15-26)22(28)6-3-11-24-19-7-9-20(10-8-19)27(30)31/h2,4-5,7-10,16,24H,3,6,11-15,17H2,1H3. The number of rotatable bonds is 9. The number of non-ortho nitro benzene ring substituents is 1. The van der Waals surface area contributed by atoms with E-state index in [0.717, 1.165) is 17.0 Å². The number of ether oxygens (including phenoxy) is 1. The minimum Gasteiger partial charge on any atom is -0.497 e. The van der Waals surface area contributed by atoms with Crippen molar-refractivity contribution in [2.75, 3.05) is 45.2 Å². The van der Waals surface area contributed by atoms with Crippen LogP contribution in [0, 0.1) is 10.1 Å². The normalized spacial score (nSPS) is 13.5. The van der Waals surface area contributed by atoms with E-state index in [2.05, 4.69) is 5.32 Å². The highest BCUT2D eigenvalue weighted by molar-refractivity contribution is 5.80. The van der Waals surface area contributed by atoms with Crippen molar-refractivity contribution in [3.05, 3.63) is 64.2 Å². The van der Waals surface area contributed by atoms with Gasteiger partial charge in [-0.1, -0.05) is 12.1 Å². The average Bonchev–Trinajstić information content (AvgIpc) is 2.82. The van der Waals surface area contributed by atoms with Gasteiger partial charge in [-0.15, -0.1) is 0 Å². The third-order valence-electron chi connectivity index (χ3n) is 5.45. The Morgan fingerprint density at radius 1 is 1.03 bits per heavy atom. The van der Waals surface area contributed by atoms with Gasteiger partial charge in [-0.05, 0) is 36.2 Å². The van der Waals surface area contributed by atoms with Crippen molar-refractivity contribution in [3.63, 3.8) is 0 Å². The van der Waals surface area contributed by atoms with Gasteiger partial charge in [0.25, 0.3) is 5.69 Å². The molecule has 2 aromatic rings. The van der Waals surface area contributed by atoms with Gasteiger partial charge >= 0.3 is 0 Å². The van der Waals surface area contributed by atoms with Crippen LogP contribution in [0.1, 0.15) is 18.4 Å². The Balaban J connectivity index is 1.35. The maximum absolute atomic E-state index is 12.6. The van der Waals surface area contributed by atoms with Gasteiger partial charge in [-0.25, -0.2) is 0 Å². The van der Waals surface area contributed by atoms with Crippen molar-refractivity contribution in [1.29, 1.82) is 0 Å². The Morgan fingerprint density at radius 3 is 2.31 bits per heavy atom. The van der Waals surface area contributed by atoms with E-state index in [1.54, 1.807) is 29.0 Å². The van der Waals surface area contributed by atoms with Crippen LogP contribution in [0.5, 0.6) is 5.75 Å². The summed E-state index contributed by atoms with van der Waals surface area (Å²) in [5.74, 6) is 0.863. The second-order valence-corrected chi connectivity index (χ2v) is 7.62. The number of methoxy groups -OCH3 is 1. The van der Waals surface area contributed by atoms with Crippen LogP contribution in [0.4, 0.5) is 11.4 Å². The van der Waals surface area contributed by atoms with Crippen LogP contribution in [0.25, 0.3) is 0 Å². The number of nitrogens with one attached hydrogen (secondary N) is 1. The Kier molecular flexibility index (Phi) is 8.02. The van der Waals surface area contributed by atoms with Crippen molar-refractivity contribution in [2.45, 2.75) is 19.3 Å². The second-order valence-electron chi connectivity index (χ2n) is 7.62. The van der Waals surface area contributed by atoms with Gasteiger partial charge in [0.1, 0.15) is 5.75 Å². The molecular weight excluding hydrogens is 412 g/mol. The molecule has 0 unspecified atom stereocenters. The van der Waals surface area contributed by atoms with Crippen molar-refractivity contribution in [2.24, 2.45) is 0 Å². The molecule has 0 spiro atoms. The lowest BCUT2D eigenvalue weighted by Crippen LogP contribution is -2.51. The molecule has 170 valence electrons. The van der Waals surface area contributed by atoms with Crippen LogP contribution in [0.2, 0.25) is 0 Å². The minimum absolute atomic E-state index is 0.0480. The van der Waals surface area contributed by atoms with Crippen molar-refractivity contribution in [1.82, 2.24) is 9.80 Å². The zero-order valence-corrected chi connectivity index (χ0v) is 18.2. The topological polar surface area (TPSA) is 105 Å². The molecule has 32 heavy (non-hydrogen) atoms. The van der Waals surface area contributed by atoms with E-state index in [1.807, 2.05) is 24.3 Å². The third kappa shape index (κ3) is 6.44. The maximum atomic E-state index is 12.6. The van der Waals surface area contributed by atoms with Crippen molar-refractivity contribution < 1.29 is 19.2 Å². The molecule has 1 aliphatic heterocycles. The fourth-order valence-corrected chi connectivity index (χ4v) is 3.61. The van der Waals surface area contributed by atoms with E-state index in [0.29, 0.717) is 52.0 Å². The molecule has 0 saturated carbocycles. The van der Waals surface area contributed by atoms with E-state index >= 15 is 0 Å². The van der Waals surface area contributed by atoms with Crippen LogP contribution in [-0.4, -0.2) is 66.4 Å². The number of hydrogen-bond acceptors (Lipinski definition) is 6. The molecule has 0 bridgehead atoms. The Hall–Kier alpha value is -3.62. The van der Waals surface area contributed by atoms with Crippen LogP contribution >= 0.6 is 0 Å². The second kappa shape index (κ2) is 11.1. The highest BCUT2D eigenvalue weighted by Crippen LogP contribution is 2.16. The molecule has 0 atom stereocenters. The fraction of sp³-hybridized carbons (Fsp3) is 0.391. The highest BCUT2D eigenvalue weighted by atomic mass is 16.6. The maximum Gasteiger partial charge on any atom is 0.269 e. The average molecular weight is 441 g/mol. The molecule has 1 heterocycles. The minimum atomic E-state index is -0.436. The molecule has 1 saturated heterocycles. The Labute approximate surface area is 187 Å². The molecule has 0 aromatic heterocycles. The molecule has 0 aliphatic carbocycles. The number of amides is 2. The summed E-state index contributed by atoms with van der Waals surface area (Å²) in [6.45, 7) is 2.75. The number of benzene rings is 2. The summed E-state index contributed by atoms with van der Waals surface area (Å²) in [5, 5.41) is 13.8. The van der Waals surface area contributed by atoms with Gasteiger partial charge < -0.3 is 19.9 Å². The van der Waals surface area contributed by atoms with E-state index in [9.17, 15) is 19.7 Å². The number of anilines is 1. The molecule has 9 heteroatoms. The summed E-state index contributed by atoms with van der Waals surface area (Å²) in [5.41, 5.74) is 1.74. The molecule has 1 N–H and O–H groups in total. The third-order valence-corrected chi connectivity index (χ3v) is 5.45. The summed E-state index contributed by atoms with van der Waals surface area (Å²) < 4.78 is 5.20. The first-order valence-electron chi connectivity index (χ1n) is 10.6. The number of nitro benzene ring substituents is 1. The van der Waals surface area contributed by atoms with E-state index in [4.69, 9.17) is 4.74 Å². The summed E-state index contributed by atoms with van der Waals surface area (Å²) in [7, 11) is 1.60. The van der Waals surface area contributed by atoms with E-state index in [-0.39, 0.29) is 17.5 Å². The first-order valence-corrected chi connectivity index (χ1v) is 10.6. The van der Waals surface area contributed by atoms with E-state index < -0.39 is 4.92 Å². The molecule has 9 nitrogen and oxygen atoms in total. The largest absolute Gasteiger partial charge is 0.497 e. The van der Waals surface area contributed by atoms with Crippen LogP contribution < -0.4 is 10.1 Å². The van der Waals surface area contributed by atoms with Crippen LogP contribution in [-0.2, 0) is 16.0 Å². The van der Waals surface area contributed by atoms with Crippen LogP contribution in [0.3, 0.4) is 0 Å². The fourth-order valence-electron chi connectivity index (χ4n) is 3.61. The zero-order chi connectivity index (χ0) is 22.9. The number of carbonyl (C=O) groups excluding carboxylic acids is 2. The number of carbonyl (C=O) groups is 2. The molecular formula is C23H28N4O5. The van der Waals surface area contributed by atoms with Gasteiger partial charge in [0.05, 0.1) is 18.5 Å². The van der Waals surface area contributed by atoms with Crippen LogP contribution in [0.15, 0.2) is 48.5 Å². The molecule has 2 amide bonds. The molecule has 1 aliphatic rings. The lowest BCUT2D eigenvalue weighted by Gasteiger charge is -2.35. The monoisotopic (exact) mass is 440 g/mol. The lowest BCUT2D eigenvalue weighted by molar-refractivity contribution is -0.384. The number of hydrogen-bond donors (Lipinski definition) is 1. The Morgan fingerprint density at radius 2 is 1.69 bits per heavy atom. The summed E-state index contributed by atoms with van der Waals surface area (Å²) in [6.07, 6.45) is 1.39. The van der Waals surface area contributed by atoms with Crippen molar-refractivity contribution in [3.8, 4) is 5.75 Å². The predicted octanol–water partition coefficient (Wildman–Crippen LogP) is 2.71. The molecule has 1 fully saturated rings. The molecule has 3 rings (SSSR count). The van der Waals surface area contributed by atoms with Gasteiger partial charge in [0.2, 0.25) is 11.8 Å². The summed E-state index contributed by atoms with van der Waals surface area (Å²) >= 11 is 0. The number of piperazine rings is 1. The predicted molar refractivity (Wildman–Crippen MR) is 121 cm³/mol. The number of nitro groups is 1. The first kappa shape index (κ1) is 23.1. The highest BCUT2D eigenvalue weighted by Gasteiger charge is 2.23. The molecule has 0 radical (unpaired) electrons. The smallest absolute Gasteiger partial charge is 0.269 e. The van der Waals surface area contributed by atoms with E-state index in [1.165, 1.54) is 12.1 Å². The SMILES string of the molecule is COc1cccc(CC(=O)N2CCN(C(=O)CCCNc3ccc([N+](=O)[O-])cc3)CC2)c1. The summed E-state index contributed by atoms with van der Waals surface area (Å²) in [6, 6.07) is 13.7. The summed E-state index contributed by atoms with van der Waals surface area (Å²) in [4.78, 5) is 38.9. The van der Waals surface area contributed by atoms with Crippen molar-refractivity contribution >= 4 is 23.2 Å². The Bertz CT molecular complexity index is 940. The zero-order valence-electron chi connectivity index (χ0n) is 18.2. The van der Waals surface area contributed by atoms with Gasteiger partial charge in [0, 0.05) is 57.0 Å². The van der Waals surface area contributed by atoms with Gasteiger partial charge in [0.15, 0.2) is 0 Å².